The number of nitrogens with two attached hydrogens (primary N) is 2. The maximum atomic E-state index is 8.92. The van der Waals surface area contributed by atoms with Crippen LogP contribution in [0, 0.1) is 5.41 Å². The number of hydrogen-bond acceptors (Lipinski definition) is 11. The van der Waals surface area contributed by atoms with Gasteiger partial charge >= 0.3 is 0 Å². The average Bonchev–Trinajstić information content (AvgIpc) is 3.55. The molecular formula is C25H24N10S. The number of para-hydroxylation sites is 2. The summed E-state index contributed by atoms with van der Waals surface area (Å²) in [5, 5.41) is 12.8. The molecule has 0 unspecified atom stereocenters. The van der Waals surface area contributed by atoms with Crippen molar-refractivity contribution in [2.45, 2.75) is 19.4 Å². The SMILES string of the molecule is N=C(c1ccc2nc(N)sc2c1)c1c(N)ncnc1NCc1nc2ccccc2nc1N1CCCC1. The van der Waals surface area contributed by atoms with Crippen LogP contribution in [0.25, 0.3) is 21.3 Å². The van der Waals surface area contributed by atoms with E-state index in [1.54, 1.807) is 0 Å². The molecule has 4 heterocycles. The van der Waals surface area contributed by atoms with Crippen LogP contribution in [0.15, 0.2) is 48.8 Å². The highest BCUT2D eigenvalue weighted by Crippen LogP contribution is 2.29. The first-order valence-electron chi connectivity index (χ1n) is 11.7. The zero-order valence-electron chi connectivity index (χ0n) is 19.4. The number of aromatic nitrogens is 5. The van der Waals surface area contributed by atoms with E-state index in [0.717, 1.165) is 58.7 Å². The first kappa shape index (κ1) is 22.1. The third-order valence-electron chi connectivity index (χ3n) is 6.27. The lowest BCUT2D eigenvalue weighted by atomic mass is 10.0. The molecule has 3 aromatic heterocycles. The molecule has 11 heteroatoms. The molecule has 1 aliphatic rings. The second kappa shape index (κ2) is 9.00. The quantitative estimate of drug-likeness (QED) is 0.257. The van der Waals surface area contributed by atoms with Crippen LogP contribution in [-0.4, -0.2) is 43.7 Å². The highest BCUT2D eigenvalue weighted by Gasteiger charge is 2.21. The van der Waals surface area contributed by atoms with Crippen LogP contribution in [0.1, 0.15) is 29.7 Å². The number of thiazole rings is 1. The van der Waals surface area contributed by atoms with E-state index in [1.165, 1.54) is 17.7 Å². The zero-order valence-corrected chi connectivity index (χ0v) is 20.2. The molecule has 0 amide bonds. The van der Waals surface area contributed by atoms with E-state index in [0.29, 0.717) is 28.6 Å². The summed E-state index contributed by atoms with van der Waals surface area (Å²) in [4.78, 5) is 25.0. The van der Waals surface area contributed by atoms with E-state index in [-0.39, 0.29) is 11.5 Å². The summed E-state index contributed by atoms with van der Waals surface area (Å²) < 4.78 is 0.904. The zero-order chi connectivity index (χ0) is 24.6. The largest absolute Gasteiger partial charge is 0.383 e. The molecule has 6 N–H and O–H groups in total. The summed E-state index contributed by atoms with van der Waals surface area (Å²) in [6.07, 6.45) is 3.68. The fourth-order valence-corrected chi connectivity index (χ4v) is 5.29. The van der Waals surface area contributed by atoms with Gasteiger partial charge in [0.25, 0.3) is 0 Å². The van der Waals surface area contributed by atoms with Gasteiger partial charge in [0.15, 0.2) is 10.9 Å². The van der Waals surface area contributed by atoms with Crippen LogP contribution in [-0.2, 0) is 6.54 Å². The van der Waals surface area contributed by atoms with Gasteiger partial charge < -0.3 is 21.7 Å². The second-order valence-electron chi connectivity index (χ2n) is 8.62. The lowest BCUT2D eigenvalue weighted by Gasteiger charge is -2.21. The lowest BCUT2D eigenvalue weighted by Crippen LogP contribution is -2.23. The Bertz CT molecular complexity index is 1610. The molecule has 10 nitrogen and oxygen atoms in total. The molecule has 0 saturated carbocycles. The van der Waals surface area contributed by atoms with E-state index >= 15 is 0 Å². The molecule has 36 heavy (non-hydrogen) atoms. The molecule has 5 aromatic rings. The third-order valence-corrected chi connectivity index (χ3v) is 7.12. The summed E-state index contributed by atoms with van der Waals surface area (Å²) in [5.41, 5.74) is 16.8. The van der Waals surface area contributed by atoms with Crippen molar-refractivity contribution in [2.24, 2.45) is 0 Å². The van der Waals surface area contributed by atoms with Crippen molar-refractivity contribution in [3.8, 4) is 0 Å². The Balaban J connectivity index is 1.34. The number of benzene rings is 2. The normalized spacial score (nSPS) is 13.5. The first-order valence-corrected chi connectivity index (χ1v) is 12.5. The highest BCUT2D eigenvalue weighted by atomic mass is 32.1. The third kappa shape index (κ3) is 4.03. The Labute approximate surface area is 211 Å². The van der Waals surface area contributed by atoms with Crippen LogP contribution < -0.4 is 21.7 Å². The molecule has 6 rings (SSSR count). The molecule has 1 fully saturated rings. The standard InChI is InChI=1S/C25H24N10S/c26-21(14-7-8-17-19(11-14)36-25(28)34-17)20-22(27)30-13-31-23(20)29-12-18-24(35-9-3-4-10-35)33-16-6-2-1-5-15(16)32-18/h1-2,5-8,11,13,26H,3-4,9-10,12H2,(H2,28,34)(H3,27,29,30,31). The van der Waals surface area contributed by atoms with E-state index < -0.39 is 0 Å². The summed E-state index contributed by atoms with van der Waals surface area (Å²) >= 11 is 1.38. The van der Waals surface area contributed by atoms with Gasteiger partial charge in [-0.15, -0.1) is 0 Å². The molecule has 2 aromatic carbocycles. The number of hydrogen-bond donors (Lipinski definition) is 4. The van der Waals surface area contributed by atoms with Crippen molar-refractivity contribution in [2.75, 3.05) is 34.8 Å². The number of nitrogen functional groups attached to an aromatic ring is 2. The summed E-state index contributed by atoms with van der Waals surface area (Å²) in [6, 6.07) is 13.5. The van der Waals surface area contributed by atoms with Crippen molar-refractivity contribution in [3.05, 3.63) is 65.6 Å². The minimum atomic E-state index is 0.217. The molecule has 0 radical (unpaired) electrons. The van der Waals surface area contributed by atoms with E-state index in [4.69, 9.17) is 26.8 Å². The Morgan fingerprint density at radius 2 is 1.75 bits per heavy atom. The molecule has 1 aliphatic heterocycles. The van der Waals surface area contributed by atoms with Gasteiger partial charge in [0.1, 0.15) is 23.7 Å². The van der Waals surface area contributed by atoms with Gasteiger partial charge in [0.05, 0.1) is 39.1 Å². The smallest absolute Gasteiger partial charge is 0.181 e. The summed E-state index contributed by atoms with van der Waals surface area (Å²) in [6.45, 7) is 2.30. The number of nitrogens with zero attached hydrogens (tertiary/aromatic N) is 6. The van der Waals surface area contributed by atoms with Crippen molar-refractivity contribution in [1.29, 1.82) is 5.41 Å². The number of anilines is 4. The van der Waals surface area contributed by atoms with Crippen molar-refractivity contribution in [1.82, 2.24) is 24.9 Å². The van der Waals surface area contributed by atoms with Gasteiger partial charge in [0, 0.05) is 18.7 Å². The molecule has 180 valence electrons. The van der Waals surface area contributed by atoms with Gasteiger partial charge in [-0.25, -0.2) is 24.9 Å². The molecule has 1 saturated heterocycles. The topological polar surface area (TPSA) is 156 Å². The fourth-order valence-electron chi connectivity index (χ4n) is 4.52. The Morgan fingerprint density at radius 3 is 2.56 bits per heavy atom. The van der Waals surface area contributed by atoms with Crippen molar-refractivity contribution < 1.29 is 0 Å². The highest BCUT2D eigenvalue weighted by molar-refractivity contribution is 7.22. The van der Waals surface area contributed by atoms with Gasteiger partial charge in [-0.3, -0.25) is 5.41 Å². The predicted octanol–water partition coefficient (Wildman–Crippen LogP) is 3.82. The van der Waals surface area contributed by atoms with Gasteiger partial charge in [-0.1, -0.05) is 29.5 Å². The Kier molecular flexibility index (Phi) is 5.53. The number of nitrogens with one attached hydrogen (secondary N) is 2. The maximum Gasteiger partial charge on any atom is 0.181 e. The molecule has 0 aliphatic carbocycles. The average molecular weight is 497 g/mol. The van der Waals surface area contributed by atoms with Crippen LogP contribution in [0.2, 0.25) is 0 Å². The van der Waals surface area contributed by atoms with E-state index in [2.05, 4.69) is 25.2 Å². The van der Waals surface area contributed by atoms with Crippen LogP contribution in [0.3, 0.4) is 0 Å². The van der Waals surface area contributed by atoms with E-state index in [1.807, 2.05) is 42.5 Å². The van der Waals surface area contributed by atoms with Gasteiger partial charge in [-0.2, -0.15) is 0 Å². The van der Waals surface area contributed by atoms with Gasteiger partial charge in [0.2, 0.25) is 0 Å². The molecule has 0 atom stereocenters. The molecular weight excluding hydrogens is 472 g/mol. The minimum Gasteiger partial charge on any atom is -0.383 e. The van der Waals surface area contributed by atoms with Gasteiger partial charge in [-0.05, 0) is 37.1 Å². The predicted molar refractivity (Wildman–Crippen MR) is 145 cm³/mol. The van der Waals surface area contributed by atoms with Crippen LogP contribution in [0.4, 0.5) is 22.6 Å². The maximum absolute atomic E-state index is 8.92. The molecule has 0 spiro atoms. The van der Waals surface area contributed by atoms with E-state index in [9.17, 15) is 0 Å². The fraction of sp³-hybridized carbons (Fsp3) is 0.200. The summed E-state index contributed by atoms with van der Waals surface area (Å²) in [7, 11) is 0. The Hall–Kier alpha value is -4.38. The summed E-state index contributed by atoms with van der Waals surface area (Å²) in [5.74, 6) is 1.58. The van der Waals surface area contributed by atoms with Crippen molar-refractivity contribution >= 4 is 60.9 Å². The van der Waals surface area contributed by atoms with Crippen LogP contribution in [0.5, 0.6) is 0 Å². The van der Waals surface area contributed by atoms with Crippen molar-refractivity contribution in [3.63, 3.8) is 0 Å². The lowest BCUT2D eigenvalue weighted by molar-refractivity contribution is 0.900. The number of fused-ring (bicyclic) bond motifs is 2. The van der Waals surface area contributed by atoms with Crippen LogP contribution >= 0.6 is 11.3 Å². The monoisotopic (exact) mass is 496 g/mol. The minimum absolute atomic E-state index is 0.217. The molecule has 0 bridgehead atoms. The first-order chi connectivity index (χ1) is 17.6. The second-order valence-corrected chi connectivity index (χ2v) is 9.68. The Morgan fingerprint density at radius 1 is 0.972 bits per heavy atom. The number of rotatable bonds is 6.